The van der Waals surface area contributed by atoms with Crippen LogP contribution in [0.3, 0.4) is 0 Å². The van der Waals surface area contributed by atoms with Crippen LogP contribution < -0.4 is 5.73 Å². The fourth-order valence-electron chi connectivity index (χ4n) is 2.03. The maximum Gasteiger partial charge on any atom is 0.201 e. The largest absolute Gasteiger partial charge is 0.369 e. The summed E-state index contributed by atoms with van der Waals surface area (Å²) in [5.41, 5.74) is 6.15. The highest BCUT2D eigenvalue weighted by Gasteiger charge is 2.17. The summed E-state index contributed by atoms with van der Waals surface area (Å²) in [6, 6.07) is 2.44. The summed E-state index contributed by atoms with van der Waals surface area (Å²) in [4.78, 5) is 8.16. The fourth-order valence-corrected chi connectivity index (χ4v) is 2.03. The molecule has 3 aromatic rings. The smallest absolute Gasteiger partial charge is 0.201 e. The van der Waals surface area contributed by atoms with E-state index in [1.165, 1.54) is 10.6 Å². The van der Waals surface area contributed by atoms with Gasteiger partial charge in [-0.3, -0.25) is 0 Å². The van der Waals surface area contributed by atoms with Crippen LogP contribution in [0.1, 0.15) is 5.82 Å². The third-order valence-electron chi connectivity index (χ3n) is 3.05. The van der Waals surface area contributed by atoms with E-state index in [1.807, 2.05) is 7.05 Å². The third kappa shape index (κ3) is 1.74. The normalized spacial score (nSPS) is 11.3. The van der Waals surface area contributed by atoms with Crippen molar-refractivity contribution in [3.8, 4) is 0 Å². The number of anilines is 1. The minimum atomic E-state index is -0.948. The van der Waals surface area contributed by atoms with Gasteiger partial charge in [0.2, 0.25) is 5.95 Å². The summed E-state index contributed by atoms with van der Waals surface area (Å²) in [6.07, 6.45) is 3.39. The summed E-state index contributed by atoms with van der Waals surface area (Å²) >= 11 is 0. The number of nitrogens with zero attached hydrogens (tertiary/aromatic N) is 4. The van der Waals surface area contributed by atoms with Crippen molar-refractivity contribution in [2.24, 2.45) is 7.05 Å². The Morgan fingerprint density at radius 3 is 2.79 bits per heavy atom. The van der Waals surface area contributed by atoms with Crippen LogP contribution in [0.4, 0.5) is 14.7 Å². The molecule has 19 heavy (non-hydrogen) atoms. The zero-order valence-electron chi connectivity index (χ0n) is 10.1. The minimum absolute atomic E-state index is 0.0560. The molecule has 2 N–H and O–H groups in total. The summed E-state index contributed by atoms with van der Waals surface area (Å²) in [5.74, 6) is -1.07. The Morgan fingerprint density at radius 1 is 1.32 bits per heavy atom. The molecule has 98 valence electrons. The van der Waals surface area contributed by atoms with E-state index >= 15 is 0 Å². The standard InChI is InChI=1S/C12H11F2N5/c1-18-5-4-16-9(18)6-19-11-8(17-12(19)15)3-2-7(13)10(11)14/h2-5H,6H2,1H3,(H2,15,17). The lowest BCUT2D eigenvalue weighted by atomic mass is 10.3. The number of aromatic nitrogens is 4. The van der Waals surface area contributed by atoms with Crippen LogP contribution in [0, 0.1) is 11.6 Å². The molecule has 0 radical (unpaired) electrons. The van der Waals surface area contributed by atoms with E-state index in [1.54, 1.807) is 17.0 Å². The average molecular weight is 263 g/mol. The molecule has 2 heterocycles. The SMILES string of the molecule is Cn1ccnc1Cn1c(N)nc2ccc(F)c(F)c21. The van der Waals surface area contributed by atoms with Gasteiger partial charge < -0.3 is 14.9 Å². The molecule has 2 aromatic heterocycles. The topological polar surface area (TPSA) is 61.7 Å². The van der Waals surface area contributed by atoms with Gasteiger partial charge in [-0.05, 0) is 12.1 Å². The van der Waals surface area contributed by atoms with E-state index in [4.69, 9.17) is 5.73 Å². The van der Waals surface area contributed by atoms with Gasteiger partial charge in [0.05, 0.1) is 12.1 Å². The van der Waals surface area contributed by atoms with Crippen molar-refractivity contribution in [2.45, 2.75) is 6.54 Å². The predicted molar refractivity (Wildman–Crippen MR) is 66.4 cm³/mol. The summed E-state index contributed by atoms with van der Waals surface area (Å²) < 4.78 is 30.4. The Bertz CT molecular complexity index is 759. The number of halogens is 2. The number of benzene rings is 1. The Hall–Kier alpha value is -2.44. The van der Waals surface area contributed by atoms with Crippen molar-refractivity contribution in [1.82, 2.24) is 19.1 Å². The Kier molecular flexibility index (Phi) is 2.48. The number of imidazole rings is 2. The molecule has 0 bridgehead atoms. The van der Waals surface area contributed by atoms with Gasteiger partial charge in [-0.15, -0.1) is 0 Å². The quantitative estimate of drug-likeness (QED) is 0.765. The van der Waals surface area contributed by atoms with Gasteiger partial charge in [-0.1, -0.05) is 0 Å². The Morgan fingerprint density at radius 2 is 2.11 bits per heavy atom. The number of fused-ring (bicyclic) bond motifs is 1. The number of nitrogens with two attached hydrogens (primary N) is 1. The molecule has 7 heteroatoms. The molecule has 1 aromatic carbocycles. The maximum atomic E-state index is 13.9. The number of hydrogen-bond acceptors (Lipinski definition) is 3. The van der Waals surface area contributed by atoms with E-state index in [0.29, 0.717) is 11.3 Å². The average Bonchev–Trinajstić information content (AvgIpc) is 2.91. The van der Waals surface area contributed by atoms with Crippen LogP contribution in [0.2, 0.25) is 0 Å². The summed E-state index contributed by atoms with van der Waals surface area (Å²) in [5, 5.41) is 0. The molecule has 0 aliphatic rings. The molecule has 5 nitrogen and oxygen atoms in total. The maximum absolute atomic E-state index is 13.9. The molecule has 0 spiro atoms. The van der Waals surface area contributed by atoms with Gasteiger partial charge in [0, 0.05) is 19.4 Å². The van der Waals surface area contributed by atoms with Crippen LogP contribution in [0.15, 0.2) is 24.5 Å². The summed E-state index contributed by atoms with van der Waals surface area (Å²) in [6.45, 7) is 0.228. The highest BCUT2D eigenvalue weighted by atomic mass is 19.2. The Labute approximate surface area is 107 Å². The number of aryl methyl sites for hydroxylation is 1. The van der Waals surface area contributed by atoms with E-state index in [-0.39, 0.29) is 18.0 Å². The molecule has 3 rings (SSSR count). The van der Waals surface area contributed by atoms with Gasteiger partial charge in [0.25, 0.3) is 0 Å². The number of rotatable bonds is 2. The lowest BCUT2D eigenvalue weighted by molar-refractivity contribution is 0.512. The molecule has 0 amide bonds. The first-order chi connectivity index (χ1) is 9.08. The molecule has 0 unspecified atom stereocenters. The highest BCUT2D eigenvalue weighted by molar-refractivity contribution is 5.79. The molecule has 0 fully saturated rings. The molecule has 0 aliphatic heterocycles. The van der Waals surface area contributed by atoms with E-state index < -0.39 is 11.6 Å². The van der Waals surface area contributed by atoms with Crippen molar-refractivity contribution in [3.63, 3.8) is 0 Å². The second kappa shape index (κ2) is 4.04. The van der Waals surface area contributed by atoms with Crippen LogP contribution in [-0.4, -0.2) is 19.1 Å². The van der Waals surface area contributed by atoms with Gasteiger partial charge in [-0.25, -0.2) is 18.7 Å². The predicted octanol–water partition coefficient (Wildman–Crippen LogP) is 1.68. The minimum Gasteiger partial charge on any atom is -0.369 e. The zero-order valence-corrected chi connectivity index (χ0v) is 10.1. The van der Waals surface area contributed by atoms with Crippen LogP contribution >= 0.6 is 0 Å². The highest BCUT2D eigenvalue weighted by Crippen LogP contribution is 2.23. The zero-order chi connectivity index (χ0) is 13.6. The third-order valence-corrected chi connectivity index (χ3v) is 3.05. The molecular weight excluding hydrogens is 252 g/mol. The van der Waals surface area contributed by atoms with E-state index in [9.17, 15) is 8.78 Å². The van der Waals surface area contributed by atoms with Crippen LogP contribution in [0.25, 0.3) is 11.0 Å². The van der Waals surface area contributed by atoms with Gasteiger partial charge in [0.15, 0.2) is 11.6 Å². The lowest BCUT2D eigenvalue weighted by Gasteiger charge is -2.07. The Balaban J connectivity index is 2.20. The first kappa shape index (κ1) is 11.6. The van der Waals surface area contributed by atoms with Gasteiger partial charge >= 0.3 is 0 Å². The van der Waals surface area contributed by atoms with E-state index in [2.05, 4.69) is 9.97 Å². The first-order valence-electron chi connectivity index (χ1n) is 5.64. The molecular formula is C12H11F2N5. The number of nitrogen functional groups attached to an aromatic ring is 1. The summed E-state index contributed by atoms with van der Waals surface area (Å²) in [7, 11) is 1.81. The first-order valence-corrected chi connectivity index (χ1v) is 5.64. The molecule has 0 atom stereocenters. The van der Waals surface area contributed by atoms with Crippen molar-refractivity contribution < 1.29 is 8.78 Å². The van der Waals surface area contributed by atoms with Gasteiger partial charge in [-0.2, -0.15) is 0 Å². The number of hydrogen-bond donors (Lipinski definition) is 1. The van der Waals surface area contributed by atoms with Crippen molar-refractivity contribution >= 4 is 17.0 Å². The van der Waals surface area contributed by atoms with Crippen molar-refractivity contribution in [1.29, 1.82) is 0 Å². The second-order valence-electron chi connectivity index (χ2n) is 4.24. The van der Waals surface area contributed by atoms with Crippen LogP contribution in [0.5, 0.6) is 0 Å². The van der Waals surface area contributed by atoms with Crippen molar-refractivity contribution in [3.05, 3.63) is 42.0 Å². The molecule has 0 saturated carbocycles. The monoisotopic (exact) mass is 263 g/mol. The molecule has 0 aliphatic carbocycles. The lowest BCUT2D eigenvalue weighted by Crippen LogP contribution is -2.09. The fraction of sp³-hybridized carbons (Fsp3) is 0.167. The second-order valence-corrected chi connectivity index (χ2v) is 4.24. The van der Waals surface area contributed by atoms with Gasteiger partial charge in [0.1, 0.15) is 11.3 Å². The van der Waals surface area contributed by atoms with E-state index in [0.717, 1.165) is 6.07 Å². The van der Waals surface area contributed by atoms with Crippen molar-refractivity contribution in [2.75, 3.05) is 5.73 Å². The van der Waals surface area contributed by atoms with Crippen LogP contribution in [-0.2, 0) is 13.6 Å². The molecule has 0 saturated heterocycles.